The van der Waals surface area contributed by atoms with Crippen LogP contribution < -0.4 is 15.6 Å². The molecule has 2 aromatic carbocycles. The van der Waals surface area contributed by atoms with Crippen molar-refractivity contribution in [3.8, 4) is 5.75 Å². The highest BCUT2D eigenvalue weighted by molar-refractivity contribution is 7.09. The van der Waals surface area contributed by atoms with Crippen LogP contribution in [0.15, 0.2) is 53.9 Å². The molecule has 0 saturated heterocycles. The molecule has 0 bridgehead atoms. The lowest BCUT2D eigenvalue weighted by atomic mass is 10.1. The molecule has 3 rings (SSSR count). The van der Waals surface area contributed by atoms with Gasteiger partial charge in [-0.05, 0) is 43.3 Å². The zero-order valence-corrected chi connectivity index (χ0v) is 15.2. The summed E-state index contributed by atoms with van der Waals surface area (Å²) >= 11 is 1.25. The summed E-state index contributed by atoms with van der Waals surface area (Å²) in [4.78, 5) is 28.2. The first-order valence-electron chi connectivity index (χ1n) is 8.01. The number of benzene rings is 2. The molecule has 0 saturated carbocycles. The van der Waals surface area contributed by atoms with Gasteiger partial charge >= 0.3 is 0 Å². The van der Waals surface area contributed by atoms with Crippen LogP contribution in [0.25, 0.3) is 0 Å². The molecule has 2 N–H and O–H groups in total. The van der Waals surface area contributed by atoms with E-state index >= 15 is 0 Å². The fourth-order valence-corrected chi connectivity index (χ4v) is 2.80. The van der Waals surface area contributed by atoms with Gasteiger partial charge in [0, 0.05) is 10.9 Å². The number of carbonyl (C=O) groups is 2. The first kappa shape index (κ1) is 18.5. The molecule has 0 unspecified atom stereocenters. The lowest BCUT2D eigenvalue weighted by molar-refractivity contribution is 0.0844. The van der Waals surface area contributed by atoms with Gasteiger partial charge in [-0.3, -0.25) is 20.4 Å². The van der Waals surface area contributed by atoms with Gasteiger partial charge in [-0.1, -0.05) is 17.7 Å². The number of nitrogens with zero attached hydrogens (tertiary/aromatic N) is 1. The summed E-state index contributed by atoms with van der Waals surface area (Å²) in [6.07, 6.45) is 0. The highest BCUT2D eigenvalue weighted by Gasteiger charge is 2.13. The van der Waals surface area contributed by atoms with E-state index in [2.05, 4.69) is 15.8 Å². The van der Waals surface area contributed by atoms with E-state index in [0.717, 1.165) is 5.56 Å². The number of hydrogen-bond acceptors (Lipinski definition) is 5. The molecular formula is C19H16FN3O3S. The molecule has 3 aromatic rings. The van der Waals surface area contributed by atoms with Gasteiger partial charge in [0.15, 0.2) is 0 Å². The molecule has 138 valence electrons. The van der Waals surface area contributed by atoms with Crippen molar-refractivity contribution < 1.29 is 18.7 Å². The van der Waals surface area contributed by atoms with E-state index in [0.29, 0.717) is 16.3 Å². The molecule has 0 aliphatic heterocycles. The molecule has 0 aliphatic rings. The highest BCUT2D eigenvalue weighted by atomic mass is 32.1. The Morgan fingerprint density at radius 3 is 2.41 bits per heavy atom. The SMILES string of the molecule is Cc1ccc(C(=O)NNC(=O)c2csc(COc3ccc(F)cc3)n2)cc1. The van der Waals surface area contributed by atoms with Gasteiger partial charge in [-0.2, -0.15) is 0 Å². The summed E-state index contributed by atoms with van der Waals surface area (Å²) in [5, 5.41) is 2.14. The van der Waals surface area contributed by atoms with Crippen molar-refractivity contribution >= 4 is 23.2 Å². The third kappa shape index (κ3) is 5.11. The summed E-state index contributed by atoms with van der Waals surface area (Å²) in [7, 11) is 0. The number of ether oxygens (including phenoxy) is 1. The quantitative estimate of drug-likeness (QED) is 0.661. The summed E-state index contributed by atoms with van der Waals surface area (Å²) in [6.45, 7) is 2.07. The van der Waals surface area contributed by atoms with Gasteiger partial charge in [0.1, 0.15) is 28.9 Å². The fourth-order valence-electron chi connectivity index (χ4n) is 2.11. The van der Waals surface area contributed by atoms with Crippen molar-refractivity contribution in [3.05, 3.63) is 81.6 Å². The average molecular weight is 385 g/mol. The minimum Gasteiger partial charge on any atom is -0.486 e. The van der Waals surface area contributed by atoms with E-state index in [-0.39, 0.29) is 18.1 Å². The zero-order chi connectivity index (χ0) is 19.2. The minimum absolute atomic E-state index is 0.152. The average Bonchev–Trinajstić information content (AvgIpc) is 3.15. The number of aromatic nitrogens is 1. The number of aryl methyl sites for hydroxylation is 1. The maximum Gasteiger partial charge on any atom is 0.289 e. The third-order valence-corrected chi connectivity index (χ3v) is 4.39. The van der Waals surface area contributed by atoms with Gasteiger partial charge in [0.05, 0.1) is 0 Å². The molecule has 1 aromatic heterocycles. The normalized spacial score (nSPS) is 10.3. The van der Waals surface area contributed by atoms with Crippen molar-refractivity contribution in [1.29, 1.82) is 0 Å². The monoisotopic (exact) mass is 385 g/mol. The molecule has 6 nitrogen and oxygen atoms in total. The number of nitrogens with one attached hydrogen (secondary N) is 2. The number of hydrogen-bond donors (Lipinski definition) is 2. The second kappa shape index (κ2) is 8.41. The molecule has 0 atom stereocenters. The van der Waals surface area contributed by atoms with E-state index in [4.69, 9.17) is 4.74 Å². The highest BCUT2D eigenvalue weighted by Crippen LogP contribution is 2.16. The largest absolute Gasteiger partial charge is 0.486 e. The van der Waals surface area contributed by atoms with E-state index in [1.165, 1.54) is 35.6 Å². The smallest absolute Gasteiger partial charge is 0.289 e. The maximum atomic E-state index is 12.9. The predicted molar refractivity (Wildman–Crippen MR) is 99.0 cm³/mol. The molecule has 0 aliphatic carbocycles. The van der Waals surface area contributed by atoms with Crippen molar-refractivity contribution in [1.82, 2.24) is 15.8 Å². The Kier molecular flexibility index (Phi) is 5.77. The Hall–Kier alpha value is -3.26. The van der Waals surface area contributed by atoms with Crippen LogP contribution in [0.2, 0.25) is 0 Å². The van der Waals surface area contributed by atoms with Crippen LogP contribution in [0.5, 0.6) is 5.75 Å². The topological polar surface area (TPSA) is 80.3 Å². The maximum absolute atomic E-state index is 12.9. The fraction of sp³-hybridized carbons (Fsp3) is 0.105. The standard InChI is InChI=1S/C19H16FN3O3S/c1-12-2-4-13(5-3-12)18(24)22-23-19(25)16-11-27-17(21-16)10-26-15-8-6-14(20)7-9-15/h2-9,11H,10H2,1H3,(H,22,24)(H,23,25). The lowest BCUT2D eigenvalue weighted by Crippen LogP contribution is -2.41. The number of thiazole rings is 1. The van der Waals surface area contributed by atoms with Crippen molar-refractivity contribution in [2.45, 2.75) is 13.5 Å². The summed E-state index contributed by atoms with van der Waals surface area (Å²) in [5.41, 5.74) is 6.32. The number of hydrazine groups is 1. The minimum atomic E-state index is -0.528. The molecule has 1 heterocycles. The van der Waals surface area contributed by atoms with Crippen LogP contribution in [0.1, 0.15) is 31.4 Å². The van der Waals surface area contributed by atoms with E-state index in [1.54, 1.807) is 17.5 Å². The van der Waals surface area contributed by atoms with Crippen LogP contribution in [0, 0.1) is 12.7 Å². The molecule has 27 heavy (non-hydrogen) atoms. The first-order chi connectivity index (χ1) is 13.0. The predicted octanol–water partition coefficient (Wildman–Crippen LogP) is 3.24. The number of rotatable bonds is 5. The number of carbonyl (C=O) groups excluding carboxylic acids is 2. The number of halogens is 1. The second-order valence-electron chi connectivity index (χ2n) is 5.64. The Bertz CT molecular complexity index is 940. The van der Waals surface area contributed by atoms with E-state index < -0.39 is 11.8 Å². The molecule has 0 spiro atoms. The van der Waals surface area contributed by atoms with Crippen LogP contribution in [-0.2, 0) is 6.61 Å². The van der Waals surface area contributed by atoms with Gasteiger partial charge in [0.2, 0.25) is 0 Å². The van der Waals surface area contributed by atoms with Crippen LogP contribution in [0.4, 0.5) is 4.39 Å². The van der Waals surface area contributed by atoms with E-state index in [1.807, 2.05) is 19.1 Å². The zero-order valence-electron chi connectivity index (χ0n) is 14.4. The summed E-state index contributed by atoms with van der Waals surface area (Å²) in [5.74, 6) is -0.788. The van der Waals surface area contributed by atoms with Gasteiger partial charge < -0.3 is 4.74 Å². The van der Waals surface area contributed by atoms with Gasteiger partial charge in [-0.15, -0.1) is 11.3 Å². The summed E-state index contributed by atoms with van der Waals surface area (Å²) < 4.78 is 18.3. The molecule has 2 amide bonds. The van der Waals surface area contributed by atoms with Gasteiger partial charge in [-0.25, -0.2) is 9.37 Å². The van der Waals surface area contributed by atoms with Crippen LogP contribution in [0.3, 0.4) is 0 Å². The van der Waals surface area contributed by atoms with Crippen LogP contribution >= 0.6 is 11.3 Å². The Labute approximate surface area is 159 Å². The Morgan fingerprint density at radius 1 is 1.04 bits per heavy atom. The van der Waals surface area contributed by atoms with Gasteiger partial charge in [0.25, 0.3) is 11.8 Å². The molecule has 0 fully saturated rings. The van der Waals surface area contributed by atoms with E-state index in [9.17, 15) is 14.0 Å². The van der Waals surface area contributed by atoms with Crippen molar-refractivity contribution in [2.24, 2.45) is 0 Å². The molecule has 8 heteroatoms. The van der Waals surface area contributed by atoms with Crippen molar-refractivity contribution in [2.75, 3.05) is 0 Å². The van der Waals surface area contributed by atoms with Crippen LogP contribution in [-0.4, -0.2) is 16.8 Å². The first-order valence-corrected chi connectivity index (χ1v) is 8.89. The number of amides is 2. The molecule has 0 radical (unpaired) electrons. The van der Waals surface area contributed by atoms with Crippen molar-refractivity contribution in [3.63, 3.8) is 0 Å². The second-order valence-corrected chi connectivity index (χ2v) is 6.59. The Morgan fingerprint density at radius 2 is 1.70 bits per heavy atom. The molecular weight excluding hydrogens is 369 g/mol. The summed E-state index contributed by atoms with van der Waals surface area (Å²) in [6, 6.07) is 12.6. The third-order valence-electron chi connectivity index (χ3n) is 3.56. The Balaban J connectivity index is 1.51. The lowest BCUT2D eigenvalue weighted by Gasteiger charge is -2.06.